The maximum Gasteiger partial charge on any atom is 0.348 e. The largest absolute Gasteiger partial charge is 0.462 e. The zero-order valence-corrected chi connectivity index (χ0v) is 12.9. The Hall–Kier alpha value is -1.76. The van der Waals surface area contributed by atoms with Crippen LogP contribution in [0, 0.1) is 11.3 Å². The first-order valence-corrected chi connectivity index (χ1v) is 7.24. The highest BCUT2D eigenvalue weighted by atomic mass is 16.5. The van der Waals surface area contributed by atoms with Gasteiger partial charge >= 0.3 is 5.97 Å². The molecule has 0 aromatic carbocycles. The van der Waals surface area contributed by atoms with E-state index < -0.39 is 5.97 Å². The van der Waals surface area contributed by atoms with Crippen molar-refractivity contribution < 1.29 is 9.53 Å². The summed E-state index contributed by atoms with van der Waals surface area (Å²) in [6.45, 7) is 2.57. The number of hydrogen-bond acceptors (Lipinski definition) is 4. The molecule has 0 saturated heterocycles. The molecule has 4 heteroatoms. The molecule has 0 aliphatic rings. The van der Waals surface area contributed by atoms with Crippen LogP contribution in [0.3, 0.4) is 0 Å². The monoisotopic (exact) mass is 278 g/mol. The molecule has 0 rings (SSSR count). The lowest BCUT2D eigenvalue weighted by Crippen LogP contribution is -2.08. The first kappa shape index (κ1) is 18.2. The number of carbonyl (C=O) groups excluding carboxylic acids is 1. The normalized spacial score (nSPS) is 11.4. The zero-order valence-electron chi connectivity index (χ0n) is 12.9. The molecule has 0 spiro atoms. The summed E-state index contributed by atoms with van der Waals surface area (Å²) in [5.41, 5.74) is 0.0362. The van der Waals surface area contributed by atoms with Crippen molar-refractivity contribution in [3.05, 3.63) is 23.9 Å². The summed E-state index contributed by atoms with van der Waals surface area (Å²) >= 11 is 0. The van der Waals surface area contributed by atoms with Gasteiger partial charge in [-0.1, -0.05) is 39.0 Å². The van der Waals surface area contributed by atoms with E-state index in [-0.39, 0.29) is 5.57 Å². The van der Waals surface area contributed by atoms with Crippen molar-refractivity contribution in [1.29, 1.82) is 5.26 Å². The standard InChI is InChI=1S/C16H26N2O2/c1-4-5-6-7-8-9-13-20-16(19)15(14-17)11-10-12-18(2)3/h10-12H,4-9,13H2,1-3H3. The molecule has 4 nitrogen and oxygen atoms in total. The van der Waals surface area contributed by atoms with Crippen LogP contribution in [0.15, 0.2) is 23.9 Å². The molecule has 0 aliphatic heterocycles. The highest BCUT2D eigenvalue weighted by Gasteiger charge is 2.08. The summed E-state index contributed by atoms with van der Waals surface area (Å²) in [6, 6.07) is 1.86. The van der Waals surface area contributed by atoms with Crippen LogP contribution < -0.4 is 0 Å². The Morgan fingerprint density at radius 1 is 1.20 bits per heavy atom. The van der Waals surface area contributed by atoms with Crippen LogP contribution in [-0.2, 0) is 9.53 Å². The molecule has 0 radical (unpaired) electrons. The Labute approximate surface area is 122 Å². The quantitative estimate of drug-likeness (QED) is 0.202. The van der Waals surface area contributed by atoms with Crippen molar-refractivity contribution in [2.24, 2.45) is 0 Å². The van der Waals surface area contributed by atoms with Crippen molar-refractivity contribution in [2.45, 2.75) is 45.4 Å². The molecule has 0 aromatic rings. The van der Waals surface area contributed by atoms with Gasteiger partial charge in [0.25, 0.3) is 0 Å². The van der Waals surface area contributed by atoms with E-state index in [1.807, 2.05) is 25.1 Å². The lowest BCUT2D eigenvalue weighted by molar-refractivity contribution is -0.138. The number of nitriles is 1. The predicted octanol–water partition coefficient (Wildman–Crippen LogP) is 3.42. The summed E-state index contributed by atoms with van der Waals surface area (Å²) in [4.78, 5) is 13.5. The van der Waals surface area contributed by atoms with E-state index in [1.165, 1.54) is 31.8 Å². The topological polar surface area (TPSA) is 53.3 Å². The molecule has 0 heterocycles. The summed E-state index contributed by atoms with van der Waals surface area (Å²) in [5, 5.41) is 8.89. The van der Waals surface area contributed by atoms with Crippen molar-refractivity contribution in [3.63, 3.8) is 0 Å². The second kappa shape index (κ2) is 12.3. The molecule has 0 bridgehead atoms. The molecule has 0 aliphatic carbocycles. The second-order valence-corrected chi connectivity index (χ2v) is 4.90. The van der Waals surface area contributed by atoms with Gasteiger partial charge in [-0.25, -0.2) is 4.79 Å². The van der Waals surface area contributed by atoms with E-state index in [2.05, 4.69) is 6.92 Å². The molecular formula is C16H26N2O2. The molecule has 0 fully saturated rings. The third-order valence-corrected chi connectivity index (χ3v) is 2.72. The molecular weight excluding hydrogens is 252 g/mol. The van der Waals surface area contributed by atoms with Gasteiger partial charge in [-0.05, 0) is 24.8 Å². The van der Waals surface area contributed by atoms with Gasteiger partial charge in [0.05, 0.1) is 6.61 Å². The minimum atomic E-state index is -0.538. The van der Waals surface area contributed by atoms with Gasteiger partial charge in [-0.15, -0.1) is 0 Å². The molecule has 0 saturated carbocycles. The van der Waals surface area contributed by atoms with Gasteiger partial charge in [0.15, 0.2) is 0 Å². The first-order chi connectivity index (χ1) is 9.61. The Morgan fingerprint density at radius 2 is 1.85 bits per heavy atom. The van der Waals surface area contributed by atoms with E-state index in [0.717, 1.165) is 12.8 Å². The summed E-state index contributed by atoms with van der Waals surface area (Å²) in [7, 11) is 3.74. The average molecular weight is 278 g/mol. The van der Waals surface area contributed by atoms with Crippen LogP contribution in [0.2, 0.25) is 0 Å². The van der Waals surface area contributed by atoms with E-state index >= 15 is 0 Å². The number of unbranched alkanes of at least 4 members (excludes halogenated alkanes) is 5. The van der Waals surface area contributed by atoms with Crippen LogP contribution in [0.25, 0.3) is 0 Å². The number of carbonyl (C=O) groups is 1. The maximum absolute atomic E-state index is 11.6. The summed E-state index contributed by atoms with van der Waals surface area (Å²) < 4.78 is 5.08. The number of hydrogen-bond donors (Lipinski definition) is 0. The fraction of sp³-hybridized carbons (Fsp3) is 0.625. The van der Waals surface area contributed by atoms with Crippen LogP contribution >= 0.6 is 0 Å². The molecule has 112 valence electrons. The number of esters is 1. The van der Waals surface area contributed by atoms with Crippen LogP contribution in [0.5, 0.6) is 0 Å². The average Bonchev–Trinajstić information content (AvgIpc) is 2.42. The first-order valence-electron chi connectivity index (χ1n) is 7.24. The summed E-state index contributed by atoms with van der Waals surface area (Å²) in [5.74, 6) is -0.538. The Bertz CT molecular complexity index is 365. The molecule has 0 amide bonds. The van der Waals surface area contributed by atoms with Crippen molar-refractivity contribution >= 4 is 5.97 Å². The SMILES string of the molecule is CCCCCCCCOC(=O)C(C#N)=CC=CN(C)C. The fourth-order valence-electron chi connectivity index (χ4n) is 1.59. The third-order valence-electron chi connectivity index (χ3n) is 2.72. The lowest BCUT2D eigenvalue weighted by atomic mass is 10.1. The second-order valence-electron chi connectivity index (χ2n) is 4.90. The Balaban J connectivity index is 3.91. The van der Waals surface area contributed by atoms with E-state index in [9.17, 15) is 4.79 Å². The van der Waals surface area contributed by atoms with E-state index in [1.54, 1.807) is 12.3 Å². The molecule has 0 unspecified atom stereocenters. The number of ether oxygens (including phenoxy) is 1. The fourth-order valence-corrected chi connectivity index (χ4v) is 1.59. The van der Waals surface area contributed by atoms with Gasteiger partial charge in [-0.3, -0.25) is 0 Å². The molecule has 0 aromatic heterocycles. The molecule has 0 N–H and O–H groups in total. The Kier molecular flexibility index (Phi) is 11.2. The highest BCUT2D eigenvalue weighted by Crippen LogP contribution is 2.06. The number of allylic oxidation sites excluding steroid dienone is 2. The van der Waals surface area contributed by atoms with Gasteiger partial charge in [0, 0.05) is 14.1 Å². The zero-order chi connectivity index (χ0) is 15.2. The number of rotatable bonds is 10. The van der Waals surface area contributed by atoms with Gasteiger partial charge in [0.1, 0.15) is 11.6 Å². The predicted molar refractivity (Wildman–Crippen MR) is 80.9 cm³/mol. The van der Waals surface area contributed by atoms with Gasteiger partial charge in [-0.2, -0.15) is 5.26 Å². The van der Waals surface area contributed by atoms with Crippen LogP contribution in [0.4, 0.5) is 0 Å². The summed E-state index contributed by atoms with van der Waals surface area (Å²) in [6.07, 6.45) is 11.7. The minimum absolute atomic E-state index is 0.0362. The van der Waals surface area contributed by atoms with Crippen molar-refractivity contribution in [1.82, 2.24) is 4.90 Å². The van der Waals surface area contributed by atoms with E-state index in [0.29, 0.717) is 6.61 Å². The maximum atomic E-state index is 11.6. The van der Waals surface area contributed by atoms with Crippen molar-refractivity contribution in [3.8, 4) is 6.07 Å². The Morgan fingerprint density at radius 3 is 2.45 bits per heavy atom. The van der Waals surface area contributed by atoms with Crippen molar-refractivity contribution in [2.75, 3.05) is 20.7 Å². The van der Waals surface area contributed by atoms with Crippen LogP contribution in [0.1, 0.15) is 45.4 Å². The smallest absolute Gasteiger partial charge is 0.348 e. The van der Waals surface area contributed by atoms with E-state index in [4.69, 9.17) is 10.00 Å². The third kappa shape index (κ3) is 10.2. The molecule has 0 atom stereocenters. The van der Waals surface area contributed by atoms with Crippen LogP contribution in [-0.4, -0.2) is 31.6 Å². The minimum Gasteiger partial charge on any atom is -0.462 e. The van der Waals surface area contributed by atoms with Gasteiger partial charge < -0.3 is 9.64 Å². The number of nitrogens with zero attached hydrogens (tertiary/aromatic N) is 2. The lowest BCUT2D eigenvalue weighted by Gasteiger charge is -2.04. The van der Waals surface area contributed by atoms with Gasteiger partial charge in [0.2, 0.25) is 0 Å². The molecule has 20 heavy (non-hydrogen) atoms. The highest BCUT2D eigenvalue weighted by molar-refractivity contribution is 5.93.